The molecule has 2 heterocycles. The Labute approximate surface area is 130 Å². The van der Waals surface area contributed by atoms with Crippen molar-refractivity contribution in [3.8, 4) is 0 Å². The number of hydrogen-bond acceptors (Lipinski definition) is 3. The van der Waals surface area contributed by atoms with Gasteiger partial charge in [0.05, 0.1) is 19.6 Å². The maximum Gasteiger partial charge on any atom is 0.269 e. The number of aryl methyl sites for hydroxylation is 1. The Morgan fingerprint density at radius 2 is 1.85 bits per heavy atom. The van der Waals surface area contributed by atoms with Crippen LogP contribution in [-0.4, -0.2) is 17.4 Å². The van der Waals surface area contributed by atoms with E-state index in [2.05, 4.69) is 4.98 Å². The van der Waals surface area contributed by atoms with Gasteiger partial charge >= 0.3 is 0 Å². The van der Waals surface area contributed by atoms with Crippen molar-refractivity contribution in [3.05, 3.63) is 57.9 Å². The highest BCUT2D eigenvalue weighted by Gasteiger charge is 2.22. The standard InChI is InChI=1S/C14H11IN2O2S/c1-10-7-13-12(16-9-10)8-14(15)17(13)20(18,19)11-5-3-2-4-6-11/h2-9H,1H3. The molecule has 0 saturated carbocycles. The van der Waals surface area contributed by atoms with Gasteiger partial charge in [-0.1, -0.05) is 18.2 Å². The summed E-state index contributed by atoms with van der Waals surface area (Å²) in [5.74, 6) is 0. The van der Waals surface area contributed by atoms with E-state index >= 15 is 0 Å². The number of rotatable bonds is 2. The van der Waals surface area contributed by atoms with Crippen LogP contribution in [0, 0.1) is 10.6 Å². The van der Waals surface area contributed by atoms with Gasteiger partial charge in [0.1, 0.15) is 0 Å². The van der Waals surface area contributed by atoms with Crippen molar-refractivity contribution in [2.24, 2.45) is 0 Å². The lowest BCUT2D eigenvalue weighted by atomic mass is 10.3. The second-order valence-corrected chi connectivity index (χ2v) is 7.36. The minimum Gasteiger partial charge on any atom is -0.254 e. The van der Waals surface area contributed by atoms with Crippen molar-refractivity contribution < 1.29 is 8.42 Å². The highest BCUT2D eigenvalue weighted by atomic mass is 127. The van der Waals surface area contributed by atoms with E-state index in [4.69, 9.17) is 0 Å². The van der Waals surface area contributed by atoms with Crippen LogP contribution in [0.1, 0.15) is 5.56 Å². The Balaban J connectivity index is 2.35. The van der Waals surface area contributed by atoms with Crippen LogP contribution in [0.5, 0.6) is 0 Å². The Morgan fingerprint density at radius 1 is 1.15 bits per heavy atom. The molecule has 3 aromatic rings. The van der Waals surface area contributed by atoms with Gasteiger partial charge in [0.2, 0.25) is 0 Å². The number of halogens is 1. The number of fused-ring (bicyclic) bond motifs is 1. The molecular formula is C14H11IN2O2S. The van der Waals surface area contributed by atoms with Crippen LogP contribution in [0.4, 0.5) is 0 Å². The van der Waals surface area contributed by atoms with Crippen molar-refractivity contribution in [1.29, 1.82) is 0 Å². The smallest absolute Gasteiger partial charge is 0.254 e. The third-order valence-electron chi connectivity index (χ3n) is 2.98. The summed E-state index contributed by atoms with van der Waals surface area (Å²) in [7, 11) is -3.60. The molecule has 2 aromatic heterocycles. The van der Waals surface area contributed by atoms with E-state index in [9.17, 15) is 8.42 Å². The minimum absolute atomic E-state index is 0.275. The topological polar surface area (TPSA) is 52.0 Å². The predicted octanol–water partition coefficient (Wildman–Crippen LogP) is 3.19. The summed E-state index contributed by atoms with van der Waals surface area (Å²) < 4.78 is 27.5. The maximum atomic E-state index is 12.8. The first-order valence-corrected chi connectivity index (χ1v) is 8.46. The molecule has 0 spiro atoms. The molecule has 1 aromatic carbocycles. The fourth-order valence-electron chi connectivity index (χ4n) is 2.07. The Kier molecular flexibility index (Phi) is 3.29. The first-order valence-electron chi connectivity index (χ1n) is 5.94. The summed E-state index contributed by atoms with van der Waals surface area (Å²) in [5, 5.41) is 0. The number of aromatic nitrogens is 2. The molecule has 102 valence electrons. The number of benzene rings is 1. The molecule has 0 aliphatic carbocycles. The first-order chi connectivity index (χ1) is 9.50. The van der Waals surface area contributed by atoms with E-state index in [0.29, 0.717) is 14.7 Å². The highest BCUT2D eigenvalue weighted by Crippen LogP contribution is 2.26. The van der Waals surface area contributed by atoms with Crippen molar-refractivity contribution in [1.82, 2.24) is 8.96 Å². The largest absolute Gasteiger partial charge is 0.269 e. The Hall–Kier alpha value is -1.41. The second-order valence-electron chi connectivity index (χ2n) is 4.47. The van der Waals surface area contributed by atoms with Crippen LogP contribution >= 0.6 is 22.6 Å². The Bertz CT molecular complexity index is 886. The predicted molar refractivity (Wildman–Crippen MR) is 86.2 cm³/mol. The molecule has 0 atom stereocenters. The maximum absolute atomic E-state index is 12.8. The average molecular weight is 398 g/mol. The molecule has 4 nitrogen and oxygen atoms in total. The molecule has 0 aliphatic rings. The van der Waals surface area contributed by atoms with Gasteiger partial charge in [0.25, 0.3) is 10.0 Å². The van der Waals surface area contributed by atoms with E-state index in [1.807, 2.05) is 35.6 Å². The zero-order valence-electron chi connectivity index (χ0n) is 10.6. The molecule has 0 aliphatic heterocycles. The van der Waals surface area contributed by atoms with E-state index in [0.717, 1.165) is 5.56 Å². The summed E-state index contributed by atoms with van der Waals surface area (Å²) >= 11 is 2.02. The fraction of sp³-hybridized carbons (Fsp3) is 0.0714. The van der Waals surface area contributed by atoms with Crippen molar-refractivity contribution >= 4 is 43.6 Å². The average Bonchev–Trinajstić information content (AvgIpc) is 2.75. The molecule has 3 rings (SSSR count). The molecule has 0 amide bonds. The molecule has 0 radical (unpaired) electrons. The highest BCUT2D eigenvalue weighted by molar-refractivity contribution is 14.1. The van der Waals surface area contributed by atoms with Gasteiger partial charge in [-0.25, -0.2) is 12.4 Å². The molecule has 0 bridgehead atoms. The third-order valence-corrected chi connectivity index (χ3v) is 5.85. The first kappa shape index (κ1) is 13.6. The van der Waals surface area contributed by atoms with Gasteiger partial charge in [-0.15, -0.1) is 0 Å². The van der Waals surface area contributed by atoms with Crippen molar-refractivity contribution in [3.63, 3.8) is 0 Å². The molecule has 0 fully saturated rings. The quantitative estimate of drug-likeness (QED) is 0.624. The number of hydrogen-bond donors (Lipinski definition) is 0. The lowest BCUT2D eigenvalue weighted by Gasteiger charge is -2.09. The van der Waals surface area contributed by atoms with Crippen LogP contribution in [0.15, 0.2) is 53.6 Å². The SMILES string of the molecule is Cc1cnc2cc(I)n(S(=O)(=O)c3ccccc3)c2c1. The van der Waals surface area contributed by atoms with E-state index in [1.54, 1.807) is 42.6 Å². The van der Waals surface area contributed by atoms with Crippen molar-refractivity contribution in [2.45, 2.75) is 11.8 Å². The summed E-state index contributed by atoms with van der Waals surface area (Å²) in [4.78, 5) is 4.55. The molecule has 0 unspecified atom stereocenters. The van der Waals surface area contributed by atoms with E-state index < -0.39 is 10.0 Å². The third kappa shape index (κ3) is 2.12. The van der Waals surface area contributed by atoms with E-state index in [-0.39, 0.29) is 4.90 Å². The molecular weight excluding hydrogens is 387 g/mol. The lowest BCUT2D eigenvalue weighted by molar-refractivity contribution is 0.588. The van der Waals surface area contributed by atoms with Crippen LogP contribution in [0.2, 0.25) is 0 Å². The van der Waals surface area contributed by atoms with Gasteiger partial charge < -0.3 is 0 Å². The fourth-order valence-corrected chi connectivity index (χ4v) is 4.80. The summed E-state index contributed by atoms with van der Waals surface area (Å²) in [5.41, 5.74) is 2.22. The molecule has 20 heavy (non-hydrogen) atoms. The molecule has 6 heteroatoms. The zero-order valence-corrected chi connectivity index (χ0v) is 13.6. The lowest BCUT2D eigenvalue weighted by Crippen LogP contribution is -2.14. The van der Waals surface area contributed by atoms with Gasteiger partial charge in [0, 0.05) is 6.20 Å². The van der Waals surface area contributed by atoms with Gasteiger partial charge in [0.15, 0.2) is 0 Å². The van der Waals surface area contributed by atoms with E-state index in [1.165, 1.54) is 3.97 Å². The van der Waals surface area contributed by atoms with Crippen LogP contribution in [0.3, 0.4) is 0 Å². The monoisotopic (exact) mass is 398 g/mol. The molecule has 0 saturated heterocycles. The normalized spacial score (nSPS) is 11.9. The van der Waals surface area contributed by atoms with Crippen LogP contribution < -0.4 is 0 Å². The second kappa shape index (κ2) is 4.85. The van der Waals surface area contributed by atoms with Gasteiger partial charge in [-0.2, -0.15) is 0 Å². The number of pyridine rings is 1. The number of nitrogens with zero attached hydrogens (tertiary/aromatic N) is 2. The molecule has 0 N–H and O–H groups in total. The minimum atomic E-state index is -3.60. The zero-order chi connectivity index (χ0) is 14.3. The van der Waals surface area contributed by atoms with Crippen molar-refractivity contribution in [2.75, 3.05) is 0 Å². The van der Waals surface area contributed by atoms with Gasteiger partial charge in [-0.3, -0.25) is 4.98 Å². The van der Waals surface area contributed by atoms with Crippen LogP contribution in [0.25, 0.3) is 11.0 Å². The van der Waals surface area contributed by atoms with Crippen LogP contribution in [-0.2, 0) is 10.0 Å². The Morgan fingerprint density at radius 3 is 2.55 bits per heavy atom. The summed E-state index contributed by atoms with van der Waals surface area (Å²) in [6, 6.07) is 12.0. The summed E-state index contributed by atoms with van der Waals surface area (Å²) in [6.07, 6.45) is 1.73. The summed E-state index contributed by atoms with van der Waals surface area (Å²) in [6.45, 7) is 1.89. The van der Waals surface area contributed by atoms with Gasteiger partial charge in [-0.05, 0) is 59.3 Å².